The predicted molar refractivity (Wildman–Crippen MR) is 67.7 cm³/mol. The maximum Gasteiger partial charge on any atom is 0.119 e. The number of aliphatic hydroxyl groups is 1. The normalized spacial score (nSPS) is 11.9. The fraction of sp³-hybridized carbons (Fsp3) is 0.214. The van der Waals surface area contributed by atoms with E-state index in [0.717, 1.165) is 11.3 Å². The van der Waals surface area contributed by atoms with Crippen LogP contribution in [0.3, 0.4) is 0 Å². The molecular weight excluding hydrogens is 230 g/mol. The van der Waals surface area contributed by atoms with Gasteiger partial charge in [0.05, 0.1) is 7.11 Å². The third-order valence-corrected chi connectivity index (χ3v) is 2.56. The second-order valence-electron chi connectivity index (χ2n) is 3.78. The first-order chi connectivity index (χ1) is 8.79. The minimum absolute atomic E-state index is 0.205. The molecule has 1 atom stereocenters. The van der Waals surface area contributed by atoms with Gasteiger partial charge < -0.3 is 14.6 Å². The summed E-state index contributed by atoms with van der Waals surface area (Å²) in [4.78, 5) is 3.90. The summed E-state index contributed by atoms with van der Waals surface area (Å²) in [6, 6.07) is 10.8. The van der Waals surface area contributed by atoms with E-state index in [0.29, 0.717) is 5.75 Å². The fourth-order valence-corrected chi connectivity index (χ4v) is 1.53. The van der Waals surface area contributed by atoms with E-state index in [2.05, 4.69) is 4.98 Å². The Morgan fingerprint density at radius 3 is 2.28 bits per heavy atom. The van der Waals surface area contributed by atoms with Crippen molar-refractivity contribution in [2.45, 2.75) is 6.10 Å². The number of rotatable bonds is 5. The molecule has 1 heterocycles. The van der Waals surface area contributed by atoms with Gasteiger partial charge in [0.25, 0.3) is 0 Å². The maximum atomic E-state index is 9.91. The lowest BCUT2D eigenvalue weighted by Gasteiger charge is -2.12. The van der Waals surface area contributed by atoms with E-state index >= 15 is 0 Å². The first-order valence-corrected chi connectivity index (χ1v) is 5.64. The zero-order chi connectivity index (χ0) is 12.8. The van der Waals surface area contributed by atoms with Gasteiger partial charge in [-0.25, -0.2) is 0 Å². The molecule has 4 nitrogen and oxygen atoms in total. The molecule has 94 valence electrons. The van der Waals surface area contributed by atoms with Crippen LogP contribution in [0.1, 0.15) is 11.7 Å². The lowest BCUT2D eigenvalue weighted by molar-refractivity contribution is 0.108. The first-order valence-electron chi connectivity index (χ1n) is 5.64. The van der Waals surface area contributed by atoms with E-state index in [-0.39, 0.29) is 6.61 Å². The van der Waals surface area contributed by atoms with Crippen LogP contribution in [0.25, 0.3) is 0 Å². The molecule has 0 fully saturated rings. The third-order valence-electron chi connectivity index (χ3n) is 2.56. The first kappa shape index (κ1) is 12.4. The molecule has 4 heteroatoms. The second-order valence-corrected chi connectivity index (χ2v) is 3.78. The fourth-order valence-electron chi connectivity index (χ4n) is 1.53. The number of methoxy groups -OCH3 is 1. The highest BCUT2D eigenvalue weighted by Crippen LogP contribution is 2.19. The summed E-state index contributed by atoms with van der Waals surface area (Å²) in [5.74, 6) is 1.47. The number of hydrogen-bond donors (Lipinski definition) is 1. The van der Waals surface area contributed by atoms with Crippen molar-refractivity contribution in [1.29, 1.82) is 0 Å². The van der Waals surface area contributed by atoms with Crippen LogP contribution in [0.5, 0.6) is 11.5 Å². The summed E-state index contributed by atoms with van der Waals surface area (Å²) in [5.41, 5.74) is 0.790. The average Bonchev–Trinajstić information content (AvgIpc) is 2.46. The highest BCUT2D eigenvalue weighted by Gasteiger charge is 2.07. The molecule has 1 N–H and O–H groups in total. The minimum atomic E-state index is -0.657. The number of benzene rings is 1. The van der Waals surface area contributed by atoms with Crippen molar-refractivity contribution in [2.75, 3.05) is 13.7 Å². The highest BCUT2D eigenvalue weighted by atomic mass is 16.5. The summed E-state index contributed by atoms with van der Waals surface area (Å²) in [6.07, 6.45) is 2.63. The maximum absolute atomic E-state index is 9.91. The minimum Gasteiger partial charge on any atom is -0.497 e. The zero-order valence-electron chi connectivity index (χ0n) is 10.1. The van der Waals surface area contributed by atoms with Crippen molar-refractivity contribution < 1.29 is 14.6 Å². The van der Waals surface area contributed by atoms with Crippen LogP contribution in [0.2, 0.25) is 0 Å². The van der Waals surface area contributed by atoms with Gasteiger partial charge in [-0.15, -0.1) is 0 Å². The van der Waals surface area contributed by atoms with Gasteiger partial charge in [0.2, 0.25) is 0 Å². The van der Waals surface area contributed by atoms with Crippen LogP contribution in [0, 0.1) is 0 Å². The van der Waals surface area contributed by atoms with Crippen molar-refractivity contribution in [2.24, 2.45) is 0 Å². The number of nitrogens with zero attached hydrogens (tertiary/aromatic N) is 1. The summed E-state index contributed by atoms with van der Waals surface area (Å²) in [5, 5.41) is 9.91. The van der Waals surface area contributed by atoms with Gasteiger partial charge in [0.1, 0.15) is 24.2 Å². The number of hydrogen-bond acceptors (Lipinski definition) is 4. The molecule has 2 aromatic rings. The number of ether oxygens (including phenoxy) is 2. The average molecular weight is 245 g/mol. The van der Waals surface area contributed by atoms with Crippen LogP contribution in [-0.2, 0) is 0 Å². The second kappa shape index (κ2) is 6.02. The number of pyridine rings is 1. The molecule has 0 radical (unpaired) electrons. The molecule has 1 aromatic carbocycles. The van der Waals surface area contributed by atoms with Crippen LogP contribution < -0.4 is 9.47 Å². The Hall–Kier alpha value is -2.07. The zero-order valence-corrected chi connectivity index (χ0v) is 10.1. The lowest BCUT2D eigenvalue weighted by atomic mass is 10.2. The van der Waals surface area contributed by atoms with Gasteiger partial charge >= 0.3 is 0 Å². The van der Waals surface area contributed by atoms with Gasteiger partial charge in [-0.1, -0.05) is 0 Å². The van der Waals surface area contributed by atoms with Gasteiger partial charge in [0, 0.05) is 12.4 Å². The molecule has 0 saturated heterocycles. The Balaban J connectivity index is 1.91. The lowest BCUT2D eigenvalue weighted by Crippen LogP contribution is -2.09. The summed E-state index contributed by atoms with van der Waals surface area (Å²) in [6.45, 7) is 0.205. The van der Waals surface area contributed by atoms with Crippen LogP contribution in [0.15, 0.2) is 48.8 Å². The summed E-state index contributed by atoms with van der Waals surface area (Å²) < 4.78 is 10.5. The molecule has 0 aliphatic heterocycles. The van der Waals surface area contributed by atoms with E-state index in [1.807, 2.05) is 12.1 Å². The van der Waals surface area contributed by atoms with Gasteiger partial charge in [0.15, 0.2) is 0 Å². The van der Waals surface area contributed by atoms with Crippen LogP contribution >= 0.6 is 0 Å². The summed E-state index contributed by atoms with van der Waals surface area (Å²) in [7, 11) is 1.61. The standard InChI is InChI=1S/C14H15NO3/c1-17-12-2-4-13(5-3-12)18-10-14(16)11-6-8-15-9-7-11/h2-9,14,16H,10H2,1H3. The van der Waals surface area contributed by atoms with E-state index in [1.165, 1.54) is 0 Å². The van der Waals surface area contributed by atoms with E-state index in [1.54, 1.807) is 43.8 Å². The Labute approximate surface area is 106 Å². The van der Waals surface area contributed by atoms with E-state index < -0.39 is 6.10 Å². The van der Waals surface area contributed by atoms with Gasteiger partial charge in [-0.2, -0.15) is 0 Å². The molecular formula is C14H15NO3. The Morgan fingerprint density at radius 2 is 1.67 bits per heavy atom. The third kappa shape index (κ3) is 3.21. The predicted octanol–water partition coefficient (Wildman–Crippen LogP) is 2.20. The number of aliphatic hydroxyl groups excluding tert-OH is 1. The van der Waals surface area contributed by atoms with Crippen molar-refractivity contribution in [3.05, 3.63) is 54.4 Å². The van der Waals surface area contributed by atoms with Crippen molar-refractivity contribution >= 4 is 0 Å². The van der Waals surface area contributed by atoms with E-state index in [9.17, 15) is 5.11 Å². The monoisotopic (exact) mass is 245 g/mol. The molecule has 0 aliphatic rings. The highest BCUT2D eigenvalue weighted by molar-refractivity contribution is 5.31. The topological polar surface area (TPSA) is 51.6 Å². The molecule has 18 heavy (non-hydrogen) atoms. The molecule has 0 aliphatic carbocycles. The van der Waals surface area contributed by atoms with Gasteiger partial charge in [-0.05, 0) is 42.0 Å². The molecule has 0 bridgehead atoms. The molecule has 0 amide bonds. The molecule has 1 aromatic heterocycles. The Bertz CT molecular complexity index is 470. The quantitative estimate of drug-likeness (QED) is 0.877. The largest absolute Gasteiger partial charge is 0.497 e. The Kier molecular flexibility index (Phi) is 4.15. The van der Waals surface area contributed by atoms with E-state index in [4.69, 9.17) is 9.47 Å². The molecule has 0 saturated carbocycles. The van der Waals surface area contributed by atoms with Crippen LogP contribution in [-0.4, -0.2) is 23.8 Å². The molecule has 2 rings (SSSR count). The van der Waals surface area contributed by atoms with Gasteiger partial charge in [-0.3, -0.25) is 4.98 Å². The van der Waals surface area contributed by atoms with Crippen molar-refractivity contribution in [3.8, 4) is 11.5 Å². The molecule has 0 spiro atoms. The van der Waals surface area contributed by atoms with Crippen molar-refractivity contribution in [1.82, 2.24) is 4.98 Å². The molecule has 1 unspecified atom stereocenters. The number of aromatic nitrogens is 1. The summed E-state index contributed by atoms with van der Waals surface area (Å²) >= 11 is 0. The SMILES string of the molecule is COc1ccc(OCC(O)c2ccncc2)cc1. The van der Waals surface area contributed by atoms with Crippen LogP contribution in [0.4, 0.5) is 0 Å². The Morgan fingerprint density at radius 1 is 1.06 bits per heavy atom. The van der Waals surface area contributed by atoms with Crippen molar-refractivity contribution in [3.63, 3.8) is 0 Å². The smallest absolute Gasteiger partial charge is 0.119 e.